The van der Waals surface area contributed by atoms with Crippen LogP contribution >= 0.6 is 0 Å². The van der Waals surface area contributed by atoms with Crippen LogP contribution in [0.2, 0.25) is 0 Å². The van der Waals surface area contributed by atoms with Crippen LogP contribution in [0.3, 0.4) is 0 Å². The molecule has 0 aromatic rings. The number of hydrogen-bond donors (Lipinski definition) is 0. The third-order valence-electron chi connectivity index (χ3n) is 2.13. The summed E-state index contributed by atoms with van der Waals surface area (Å²) in [5.41, 5.74) is 0. The normalized spacial score (nSPS) is 11.4. The Kier molecular flexibility index (Phi) is 15.6. The van der Waals surface area contributed by atoms with Crippen LogP contribution in [0.5, 0.6) is 0 Å². The van der Waals surface area contributed by atoms with Gasteiger partial charge in [-0.2, -0.15) is 0 Å². The fraction of sp³-hybridized carbons (Fsp3) is 1.00. The predicted molar refractivity (Wildman–Crippen MR) is 71.4 cm³/mol. The molecule has 0 aliphatic rings. The summed E-state index contributed by atoms with van der Waals surface area (Å²) in [6.07, 6.45) is -0.285. The van der Waals surface area contributed by atoms with Crippen molar-refractivity contribution in [2.75, 3.05) is 66.6 Å². The molecular formula is C13H28O6. The summed E-state index contributed by atoms with van der Waals surface area (Å²) < 4.78 is 31.5. The van der Waals surface area contributed by atoms with Crippen molar-refractivity contribution in [1.82, 2.24) is 0 Å². The van der Waals surface area contributed by atoms with Gasteiger partial charge in [-0.15, -0.1) is 0 Å². The molecule has 0 saturated carbocycles. The molecule has 0 bridgehead atoms. The summed E-state index contributed by atoms with van der Waals surface area (Å²) in [4.78, 5) is 0. The maximum absolute atomic E-state index is 5.41. The van der Waals surface area contributed by atoms with Gasteiger partial charge in [0.05, 0.1) is 46.2 Å². The highest BCUT2D eigenvalue weighted by Crippen LogP contribution is 1.96. The Morgan fingerprint density at radius 1 is 0.684 bits per heavy atom. The zero-order chi connectivity index (χ0) is 14.2. The minimum absolute atomic E-state index is 0.285. The van der Waals surface area contributed by atoms with E-state index in [2.05, 4.69) is 0 Å². The Hall–Kier alpha value is -0.240. The van der Waals surface area contributed by atoms with E-state index in [0.717, 1.165) is 0 Å². The van der Waals surface area contributed by atoms with Gasteiger partial charge < -0.3 is 28.4 Å². The zero-order valence-electron chi connectivity index (χ0n) is 12.4. The van der Waals surface area contributed by atoms with Crippen molar-refractivity contribution in [3.8, 4) is 0 Å². The molecule has 0 aliphatic heterocycles. The molecule has 6 heteroatoms. The lowest BCUT2D eigenvalue weighted by atomic mass is 10.6. The third-order valence-corrected chi connectivity index (χ3v) is 2.13. The molecule has 0 fully saturated rings. The van der Waals surface area contributed by atoms with Gasteiger partial charge in [0.15, 0.2) is 6.29 Å². The summed E-state index contributed by atoms with van der Waals surface area (Å²) in [6, 6.07) is 0. The summed E-state index contributed by atoms with van der Waals surface area (Å²) >= 11 is 0. The first-order valence-corrected chi connectivity index (χ1v) is 6.80. The second-order valence-corrected chi connectivity index (χ2v) is 3.63. The second kappa shape index (κ2) is 15.8. The quantitative estimate of drug-likeness (QED) is 0.330. The minimum atomic E-state index is -0.285. The van der Waals surface area contributed by atoms with Gasteiger partial charge in [0.1, 0.15) is 0 Å². The predicted octanol–water partition coefficient (Wildman–Crippen LogP) is 1.08. The first-order chi connectivity index (χ1) is 9.35. The molecule has 116 valence electrons. The summed E-state index contributed by atoms with van der Waals surface area (Å²) in [7, 11) is 1.65. The van der Waals surface area contributed by atoms with Crippen molar-refractivity contribution in [3.05, 3.63) is 0 Å². The number of methoxy groups -OCH3 is 1. The van der Waals surface area contributed by atoms with E-state index >= 15 is 0 Å². The lowest BCUT2D eigenvalue weighted by Gasteiger charge is -2.16. The van der Waals surface area contributed by atoms with Crippen molar-refractivity contribution < 1.29 is 28.4 Å². The molecule has 0 saturated heterocycles. The number of rotatable bonds is 15. The van der Waals surface area contributed by atoms with Gasteiger partial charge in [-0.25, -0.2) is 0 Å². The molecule has 0 radical (unpaired) electrons. The van der Waals surface area contributed by atoms with Crippen molar-refractivity contribution in [2.45, 2.75) is 20.1 Å². The van der Waals surface area contributed by atoms with Gasteiger partial charge in [0, 0.05) is 20.3 Å². The average Bonchev–Trinajstić information content (AvgIpc) is 2.41. The number of ether oxygens (including phenoxy) is 6. The van der Waals surface area contributed by atoms with Gasteiger partial charge >= 0.3 is 0 Å². The summed E-state index contributed by atoms with van der Waals surface area (Å²) in [5.74, 6) is 0. The van der Waals surface area contributed by atoms with Gasteiger partial charge in [0.25, 0.3) is 0 Å². The third kappa shape index (κ3) is 14.0. The van der Waals surface area contributed by atoms with Crippen LogP contribution in [0, 0.1) is 0 Å². The van der Waals surface area contributed by atoms with Crippen LogP contribution in [-0.4, -0.2) is 72.9 Å². The largest absolute Gasteiger partial charge is 0.382 e. The number of hydrogen-bond acceptors (Lipinski definition) is 6. The average molecular weight is 280 g/mol. The molecule has 0 unspecified atom stereocenters. The van der Waals surface area contributed by atoms with Crippen molar-refractivity contribution in [3.63, 3.8) is 0 Å². The van der Waals surface area contributed by atoms with Crippen LogP contribution in [0.25, 0.3) is 0 Å². The molecule has 0 aromatic carbocycles. The molecule has 0 aromatic heterocycles. The smallest absolute Gasteiger partial charge is 0.180 e. The molecule has 0 amide bonds. The Morgan fingerprint density at radius 3 is 1.63 bits per heavy atom. The van der Waals surface area contributed by atoms with Gasteiger partial charge in [0.2, 0.25) is 0 Å². The Balaban J connectivity index is 3.20. The maximum Gasteiger partial charge on any atom is 0.180 e. The van der Waals surface area contributed by atoms with E-state index in [9.17, 15) is 0 Å². The SMILES string of the molecule is CCOC(COCCOCCOCCOC)OCC. The van der Waals surface area contributed by atoms with E-state index < -0.39 is 0 Å². The fourth-order valence-electron chi connectivity index (χ4n) is 1.28. The molecule has 19 heavy (non-hydrogen) atoms. The summed E-state index contributed by atoms with van der Waals surface area (Å²) in [6.45, 7) is 8.92. The molecule has 0 rings (SSSR count). The van der Waals surface area contributed by atoms with Crippen molar-refractivity contribution in [2.24, 2.45) is 0 Å². The fourth-order valence-corrected chi connectivity index (χ4v) is 1.28. The van der Waals surface area contributed by atoms with E-state index in [0.29, 0.717) is 59.5 Å². The Bertz CT molecular complexity index is 161. The van der Waals surface area contributed by atoms with E-state index in [-0.39, 0.29) is 6.29 Å². The summed E-state index contributed by atoms with van der Waals surface area (Å²) in [5, 5.41) is 0. The topological polar surface area (TPSA) is 55.4 Å². The molecule has 0 aliphatic carbocycles. The molecule has 0 N–H and O–H groups in total. The highest BCUT2D eigenvalue weighted by Gasteiger charge is 2.07. The lowest BCUT2D eigenvalue weighted by molar-refractivity contribution is -0.169. The van der Waals surface area contributed by atoms with Crippen molar-refractivity contribution in [1.29, 1.82) is 0 Å². The molecule has 0 heterocycles. The van der Waals surface area contributed by atoms with E-state index in [1.807, 2.05) is 13.8 Å². The zero-order valence-corrected chi connectivity index (χ0v) is 12.4. The van der Waals surface area contributed by atoms with Crippen LogP contribution in [-0.2, 0) is 28.4 Å². The molecular weight excluding hydrogens is 252 g/mol. The van der Waals surface area contributed by atoms with Crippen molar-refractivity contribution >= 4 is 0 Å². The van der Waals surface area contributed by atoms with Gasteiger partial charge in [-0.3, -0.25) is 0 Å². The van der Waals surface area contributed by atoms with Crippen LogP contribution < -0.4 is 0 Å². The molecule has 6 nitrogen and oxygen atoms in total. The van der Waals surface area contributed by atoms with Crippen LogP contribution in [0.1, 0.15) is 13.8 Å². The second-order valence-electron chi connectivity index (χ2n) is 3.63. The van der Waals surface area contributed by atoms with Crippen LogP contribution in [0.4, 0.5) is 0 Å². The molecule has 0 spiro atoms. The lowest BCUT2D eigenvalue weighted by Crippen LogP contribution is -2.24. The Morgan fingerprint density at radius 2 is 1.16 bits per heavy atom. The van der Waals surface area contributed by atoms with E-state index in [1.54, 1.807) is 7.11 Å². The van der Waals surface area contributed by atoms with E-state index in [4.69, 9.17) is 28.4 Å². The first-order valence-electron chi connectivity index (χ1n) is 6.80. The monoisotopic (exact) mass is 280 g/mol. The molecule has 0 atom stereocenters. The minimum Gasteiger partial charge on any atom is -0.382 e. The van der Waals surface area contributed by atoms with Gasteiger partial charge in [-0.1, -0.05) is 0 Å². The first kappa shape index (κ1) is 18.8. The van der Waals surface area contributed by atoms with Gasteiger partial charge in [-0.05, 0) is 13.8 Å². The maximum atomic E-state index is 5.41. The Labute approximate surface area is 116 Å². The highest BCUT2D eigenvalue weighted by molar-refractivity contribution is 4.42. The highest BCUT2D eigenvalue weighted by atomic mass is 16.7. The standard InChI is InChI=1S/C13H28O6/c1-4-18-13(19-5-2)12-17-11-10-16-9-8-15-7-6-14-3/h13H,4-12H2,1-3H3. The van der Waals surface area contributed by atoms with Crippen LogP contribution in [0.15, 0.2) is 0 Å². The van der Waals surface area contributed by atoms with E-state index in [1.165, 1.54) is 0 Å².